The summed E-state index contributed by atoms with van der Waals surface area (Å²) in [4.78, 5) is 25.4. The monoisotopic (exact) mass is 389 g/mol. The third-order valence-electron chi connectivity index (χ3n) is 6.06. The number of hydrogen-bond acceptors (Lipinski definition) is 3. The molecule has 1 amide bonds. The van der Waals surface area contributed by atoms with E-state index >= 15 is 0 Å². The Labute approximate surface area is 149 Å². The van der Waals surface area contributed by atoms with Gasteiger partial charge in [0, 0.05) is 10.2 Å². The van der Waals surface area contributed by atoms with Gasteiger partial charge < -0.3 is 10.1 Å². The van der Waals surface area contributed by atoms with E-state index < -0.39 is 0 Å². The number of methoxy groups -OCH3 is 1. The minimum Gasteiger partial charge on any atom is -0.469 e. The molecule has 3 aliphatic carbocycles. The minimum absolute atomic E-state index is 0.0704. The van der Waals surface area contributed by atoms with Crippen molar-refractivity contribution in [1.29, 1.82) is 0 Å². The molecule has 1 N–H and O–H groups in total. The first-order chi connectivity index (χ1) is 11.5. The molecule has 2 saturated carbocycles. The maximum atomic E-state index is 13.0. The van der Waals surface area contributed by atoms with Gasteiger partial charge in [0.1, 0.15) is 0 Å². The van der Waals surface area contributed by atoms with Crippen LogP contribution in [0.2, 0.25) is 0 Å². The van der Waals surface area contributed by atoms with E-state index in [-0.39, 0.29) is 41.0 Å². The van der Waals surface area contributed by atoms with Crippen molar-refractivity contribution in [2.24, 2.45) is 29.1 Å². The van der Waals surface area contributed by atoms with Crippen LogP contribution in [-0.4, -0.2) is 19.0 Å². The molecule has 0 aliphatic heterocycles. The number of rotatable bonds is 3. The highest BCUT2D eigenvalue weighted by Crippen LogP contribution is 2.72. The number of ether oxygens (including phenoxy) is 1. The Kier molecular flexibility index (Phi) is 3.60. The Hall–Kier alpha value is -1.62. The summed E-state index contributed by atoms with van der Waals surface area (Å²) in [7, 11) is 1.41. The molecule has 0 aromatic heterocycles. The molecule has 3 aliphatic rings. The number of amides is 1. The number of allylic oxidation sites excluding steroid dienone is 2. The summed E-state index contributed by atoms with van der Waals surface area (Å²) in [5.74, 6) is -0.718. The molecule has 0 heterocycles. The van der Waals surface area contributed by atoms with Crippen LogP contribution in [0.3, 0.4) is 0 Å². The highest BCUT2D eigenvalue weighted by atomic mass is 79.9. The van der Waals surface area contributed by atoms with E-state index in [4.69, 9.17) is 4.74 Å². The minimum atomic E-state index is -0.358. The van der Waals surface area contributed by atoms with Crippen molar-refractivity contribution in [3.63, 3.8) is 0 Å². The molecule has 5 heteroatoms. The summed E-state index contributed by atoms with van der Waals surface area (Å²) in [6.07, 6.45) is 6.48. The number of hydrogen-bond donors (Lipinski definition) is 1. The third kappa shape index (κ3) is 2.17. The predicted octanol–water partition coefficient (Wildman–Crippen LogP) is 3.70. The SMILES string of the molecule is COC(=O)[C@H]1C(C(=O)Nc2ccc(Br)cc2C)[C@@H]2C=C[C@H]1C21CC1. The van der Waals surface area contributed by atoms with Gasteiger partial charge in [-0.1, -0.05) is 28.1 Å². The van der Waals surface area contributed by atoms with E-state index in [1.54, 1.807) is 0 Å². The van der Waals surface area contributed by atoms with Gasteiger partial charge in [0.15, 0.2) is 0 Å². The highest BCUT2D eigenvalue weighted by Gasteiger charge is 2.70. The Morgan fingerprint density at radius 3 is 2.46 bits per heavy atom. The van der Waals surface area contributed by atoms with Crippen molar-refractivity contribution in [2.75, 3.05) is 12.4 Å². The fourth-order valence-corrected chi connectivity index (χ4v) is 5.27. The average Bonchev–Trinajstić information content (AvgIpc) is 3.22. The lowest BCUT2D eigenvalue weighted by atomic mass is 9.82. The second-order valence-corrected chi connectivity index (χ2v) is 8.11. The zero-order valence-electron chi connectivity index (χ0n) is 13.7. The van der Waals surface area contributed by atoms with Gasteiger partial charge in [-0.15, -0.1) is 0 Å². The van der Waals surface area contributed by atoms with Crippen LogP contribution in [-0.2, 0) is 14.3 Å². The van der Waals surface area contributed by atoms with Crippen molar-refractivity contribution in [3.05, 3.63) is 40.4 Å². The molecule has 1 spiro atoms. The number of benzene rings is 1. The first kappa shape index (κ1) is 15.9. The summed E-state index contributed by atoms with van der Waals surface area (Å²) in [5, 5.41) is 3.04. The van der Waals surface area contributed by atoms with Crippen molar-refractivity contribution in [1.82, 2.24) is 0 Å². The average molecular weight is 390 g/mol. The van der Waals surface area contributed by atoms with Crippen LogP contribution in [0.4, 0.5) is 5.69 Å². The van der Waals surface area contributed by atoms with Crippen LogP contribution in [0.1, 0.15) is 18.4 Å². The Bertz CT molecular complexity index is 753. The molecule has 24 heavy (non-hydrogen) atoms. The van der Waals surface area contributed by atoms with Gasteiger partial charge in [-0.05, 0) is 60.8 Å². The number of nitrogens with one attached hydrogen (secondary N) is 1. The summed E-state index contributed by atoms with van der Waals surface area (Å²) in [5.41, 5.74) is 1.92. The second-order valence-electron chi connectivity index (χ2n) is 7.19. The molecular formula is C19H20BrNO3. The fourth-order valence-electron chi connectivity index (χ4n) is 4.80. The molecule has 0 saturated heterocycles. The van der Waals surface area contributed by atoms with Gasteiger partial charge in [-0.3, -0.25) is 9.59 Å². The number of carbonyl (C=O) groups is 2. The molecule has 1 aromatic carbocycles. The van der Waals surface area contributed by atoms with Gasteiger partial charge in [0.05, 0.1) is 18.9 Å². The summed E-state index contributed by atoms with van der Waals surface area (Å²) in [6, 6.07) is 5.76. The molecule has 4 nitrogen and oxygen atoms in total. The molecule has 2 bridgehead atoms. The highest BCUT2D eigenvalue weighted by molar-refractivity contribution is 9.10. The van der Waals surface area contributed by atoms with E-state index in [1.807, 2.05) is 25.1 Å². The van der Waals surface area contributed by atoms with Crippen LogP contribution in [0.25, 0.3) is 0 Å². The van der Waals surface area contributed by atoms with Gasteiger partial charge in [0.25, 0.3) is 0 Å². The number of halogens is 1. The molecule has 4 atom stereocenters. The summed E-state index contributed by atoms with van der Waals surface area (Å²) in [6.45, 7) is 1.96. The molecule has 0 radical (unpaired) electrons. The molecular weight excluding hydrogens is 370 g/mol. The van der Waals surface area contributed by atoms with E-state index in [0.29, 0.717) is 0 Å². The first-order valence-electron chi connectivity index (χ1n) is 8.31. The smallest absolute Gasteiger partial charge is 0.310 e. The third-order valence-corrected chi connectivity index (χ3v) is 6.56. The van der Waals surface area contributed by atoms with Crippen LogP contribution < -0.4 is 5.32 Å². The largest absolute Gasteiger partial charge is 0.469 e. The van der Waals surface area contributed by atoms with Crippen molar-refractivity contribution >= 4 is 33.5 Å². The summed E-state index contributed by atoms with van der Waals surface area (Å²) < 4.78 is 6.00. The Balaban J connectivity index is 1.63. The number of aryl methyl sites for hydroxylation is 1. The van der Waals surface area contributed by atoms with Crippen molar-refractivity contribution < 1.29 is 14.3 Å². The number of esters is 1. The molecule has 126 valence electrons. The van der Waals surface area contributed by atoms with E-state index in [1.165, 1.54) is 7.11 Å². The molecule has 2 fully saturated rings. The molecule has 4 rings (SSSR count). The second kappa shape index (κ2) is 5.45. The lowest BCUT2D eigenvalue weighted by Crippen LogP contribution is -2.37. The van der Waals surface area contributed by atoms with E-state index in [0.717, 1.165) is 28.6 Å². The topological polar surface area (TPSA) is 55.4 Å². The molecule has 1 unspecified atom stereocenters. The fraction of sp³-hybridized carbons (Fsp3) is 0.474. The summed E-state index contributed by atoms with van der Waals surface area (Å²) >= 11 is 3.43. The van der Waals surface area contributed by atoms with Gasteiger partial charge in [-0.25, -0.2) is 0 Å². The van der Waals surface area contributed by atoms with Crippen molar-refractivity contribution in [3.8, 4) is 0 Å². The number of anilines is 1. The van der Waals surface area contributed by atoms with Crippen LogP contribution in [0.15, 0.2) is 34.8 Å². The zero-order valence-corrected chi connectivity index (χ0v) is 15.3. The Morgan fingerprint density at radius 1 is 1.21 bits per heavy atom. The van der Waals surface area contributed by atoms with E-state index in [9.17, 15) is 9.59 Å². The van der Waals surface area contributed by atoms with Gasteiger partial charge in [0.2, 0.25) is 5.91 Å². The van der Waals surface area contributed by atoms with Crippen LogP contribution in [0.5, 0.6) is 0 Å². The molecule has 1 aromatic rings. The quantitative estimate of drug-likeness (QED) is 0.633. The zero-order chi connectivity index (χ0) is 17.1. The normalized spacial score (nSPS) is 31.3. The predicted molar refractivity (Wildman–Crippen MR) is 94.3 cm³/mol. The first-order valence-corrected chi connectivity index (χ1v) is 9.10. The lowest BCUT2D eigenvalue weighted by molar-refractivity contribution is -0.150. The maximum absolute atomic E-state index is 13.0. The lowest BCUT2D eigenvalue weighted by Gasteiger charge is -2.25. The van der Waals surface area contributed by atoms with Gasteiger partial charge in [-0.2, -0.15) is 0 Å². The number of carbonyl (C=O) groups excluding carboxylic acids is 2. The van der Waals surface area contributed by atoms with Gasteiger partial charge >= 0.3 is 5.97 Å². The standard InChI is InChI=1S/C19H20BrNO3/c1-10-9-11(20)3-6-14(10)21-17(22)15-12-4-5-13(19(12)7-8-19)16(15)18(23)24-2/h3-6,9,12-13,15-16H,7-8H2,1-2H3,(H,21,22)/t12-,13+,15?,16+/m0/s1. The van der Waals surface area contributed by atoms with Crippen LogP contribution in [0, 0.1) is 36.0 Å². The maximum Gasteiger partial charge on any atom is 0.310 e. The van der Waals surface area contributed by atoms with E-state index in [2.05, 4.69) is 33.4 Å². The van der Waals surface area contributed by atoms with Crippen LogP contribution >= 0.6 is 15.9 Å². The van der Waals surface area contributed by atoms with Crippen molar-refractivity contribution in [2.45, 2.75) is 19.8 Å². The Morgan fingerprint density at radius 2 is 1.88 bits per heavy atom.